The van der Waals surface area contributed by atoms with Crippen molar-refractivity contribution < 1.29 is 116 Å². The van der Waals surface area contributed by atoms with Gasteiger partial charge in [0.15, 0.2) is 29.7 Å². The molecule has 124 heavy (non-hydrogen) atoms. The van der Waals surface area contributed by atoms with E-state index in [1.54, 1.807) is 160 Å². The lowest BCUT2D eigenvalue weighted by Crippen LogP contribution is -2.41. The molecular weight excluding hydrogens is 1620 g/mol. The lowest BCUT2D eigenvalue weighted by molar-refractivity contribution is -0.167. The molecular formula is C96H98BF9N2O16. The molecule has 4 aliphatic heterocycles. The topological polar surface area (TPSA) is 199 Å². The summed E-state index contributed by atoms with van der Waals surface area (Å²) >= 11 is 0. The van der Waals surface area contributed by atoms with Crippen LogP contribution in [0, 0.1) is 20.1 Å². The third-order valence-corrected chi connectivity index (χ3v) is 20.8. The van der Waals surface area contributed by atoms with Crippen molar-refractivity contribution in [2.24, 2.45) is 0 Å². The zero-order valence-corrected chi connectivity index (χ0v) is 71.7. The Hall–Kier alpha value is -11.5. The number of carboxylic acids is 1. The molecule has 654 valence electrons. The number of aryl methyl sites for hydroxylation is 4. The quantitative estimate of drug-likeness (QED) is 0.0296. The minimum Gasteiger partial charge on any atom is -0.493 e. The van der Waals surface area contributed by atoms with Crippen LogP contribution in [0.4, 0.5) is 50.9 Å². The van der Waals surface area contributed by atoms with E-state index in [2.05, 4.69) is 9.69 Å². The summed E-state index contributed by atoms with van der Waals surface area (Å²) in [5, 5.41) is 10.1. The molecule has 1 fully saturated rings. The number of fused-ring (bicyclic) bond motifs is 3. The van der Waals surface area contributed by atoms with Crippen LogP contribution >= 0.6 is 0 Å². The second-order valence-corrected chi connectivity index (χ2v) is 33.8. The van der Waals surface area contributed by atoms with Crippen LogP contribution in [-0.2, 0) is 90.0 Å². The Labute approximate surface area is 715 Å². The van der Waals surface area contributed by atoms with Crippen LogP contribution < -0.4 is 24.4 Å². The molecule has 3 unspecified atom stereocenters. The van der Waals surface area contributed by atoms with Gasteiger partial charge in [0.05, 0.1) is 91.9 Å². The number of ether oxygens (including phenoxy) is 9. The van der Waals surface area contributed by atoms with Gasteiger partial charge in [0, 0.05) is 16.7 Å². The highest BCUT2D eigenvalue weighted by Gasteiger charge is 2.52. The lowest BCUT2D eigenvalue weighted by atomic mass is 9.79. The zero-order valence-electron chi connectivity index (χ0n) is 71.7. The monoisotopic (exact) mass is 1720 g/mol. The number of aliphatic carboxylic acids is 1. The molecule has 28 heteroatoms. The van der Waals surface area contributed by atoms with Crippen LogP contribution in [0.15, 0.2) is 164 Å². The normalized spacial score (nSPS) is 15.4. The van der Waals surface area contributed by atoms with Crippen molar-refractivity contribution >= 4 is 48.3 Å². The Kier molecular flexibility index (Phi) is 29.3. The average molecular weight is 1720 g/mol. The van der Waals surface area contributed by atoms with Gasteiger partial charge in [-0.25, -0.2) is 24.1 Å². The highest BCUT2D eigenvalue weighted by Crippen LogP contribution is 2.52. The molecule has 3 atom stereocenters. The van der Waals surface area contributed by atoms with Crippen LogP contribution in [0.25, 0.3) is 65.3 Å². The first-order valence-corrected chi connectivity index (χ1v) is 40.0. The van der Waals surface area contributed by atoms with E-state index >= 15 is 0 Å². The van der Waals surface area contributed by atoms with E-state index in [9.17, 15) is 63.8 Å². The Morgan fingerprint density at radius 3 is 1.21 bits per heavy atom. The summed E-state index contributed by atoms with van der Waals surface area (Å²) in [6.45, 7) is 41.0. The van der Waals surface area contributed by atoms with Crippen LogP contribution in [-0.4, -0.2) is 98.7 Å². The van der Waals surface area contributed by atoms with Gasteiger partial charge in [-0.2, -0.15) is 39.5 Å². The van der Waals surface area contributed by atoms with Crippen molar-refractivity contribution in [1.29, 1.82) is 0 Å². The Morgan fingerprint density at radius 2 is 0.823 bits per heavy atom. The van der Waals surface area contributed by atoms with Gasteiger partial charge in [-0.05, 0) is 292 Å². The Balaban J connectivity index is 0.000000179. The van der Waals surface area contributed by atoms with Gasteiger partial charge in [-0.1, -0.05) is 91.0 Å². The summed E-state index contributed by atoms with van der Waals surface area (Å²) in [7, 11) is 1.87. The highest BCUT2D eigenvalue weighted by atomic mass is 19.4. The number of carbonyl (C=O) groups excluding carboxylic acids is 3. The number of nitrogens with zero attached hydrogens (tertiary/aromatic N) is 2. The van der Waals surface area contributed by atoms with Gasteiger partial charge in [0.25, 0.3) is 6.47 Å². The molecule has 1 N–H and O–H groups in total. The number of hydrogen-bond donors (Lipinski definition) is 1. The number of esters is 2. The number of methoxy groups -OCH3 is 2. The molecule has 4 aliphatic rings. The molecule has 0 aliphatic carbocycles. The standard InChI is InChI=1S/C30H28F3NO4.C29H27F3O6.C24H27F3O4.C13H16BNO2/c1-29(2,3)38-27(28(35)36-5)26-23(30(31,32)33)13-12-22(18-8-6-10-21(17-18)34-4)25(26)20-11-14-24-19(16-20)9-7-15-37-24;1-28(2,3)38-26(27(34)35)25-22(29(30,31)32)11-10-21(17-6-4-8-20(15-17)37-16-33)24(25)19-9-12-23-18(14-19)7-5-13-36-23;1-14-8-10-17(24(25,26)27)20(21(22(28)29-5)31-23(2,3)4)19(14)16-9-11-18-15(13-16)7-6-12-30-18;1-12(2)13(3,4)17-14(16-12)10-7-6-8-11(9-10)15-5/h6,8,10-14,16-17,27H,7,9,15H2,1-3,5H3;4,6,8-12,14-16,26H,5,7,13H2,1-3H3,(H,34,35);8-11,13,21H,6-7,12H2,1-5H3;6-9H,1-4H3. The zero-order chi connectivity index (χ0) is 91.0. The number of rotatable bonds is 17. The fourth-order valence-electron chi connectivity index (χ4n) is 14.8. The minimum atomic E-state index is -4.86. The second-order valence-electron chi connectivity index (χ2n) is 33.8. The number of alkyl halides is 9. The van der Waals surface area contributed by atoms with Crippen LogP contribution in [0.5, 0.6) is 23.0 Å². The first-order valence-electron chi connectivity index (χ1n) is 40.0. The fraction of sp³-hybridized carbons (Fsp3) is 0.375. The molecule has 18 nitrogen and oxygen atoms in total. The van der Waals surface area contributed by atoms with Gasteiger partial charge < -0.3 is 57.0 Å². The molecule has 0 saturated carbocycles. The summed E-state index contributed by atoms with van der Waals surface area (Å²) in [5.41, 5.74) is 1.11. The summed E-state index contributed by atoms with van der Waals surface area (Å²) < 4.78 is 190. The molecule has 0 bridgehead atoms. The van der Waals surface area contributed by atoms with E-state index in [1.807, 2.05) is 52.0 Å². The number of carbonyl (C=O) groups is 4. The molecule has 1 saturated heterocycles. The van der Waals surface area contributed by atoms with Gasteiger partial charge in [0.2, 0.25) is 0 Å². The molecule has 0 radical (unpaired) electrons. The summed E-state index contributed by atoms with van der Waals surface area (Å²) in [4.78, 5) is 56.0. The summed E-state index contributed by atoms with van der Waals surface area (Å²) in [6, 6.07) is 42.8. The number of hydrogen-bond acceptors (Lipinski definition) is 15. The van der Waals surface area contributed by atoms with Gasteiger partial charge >= 0.3 is 43.6 Å². The maximum atomic E-state index is 14.6. The average Bonchev–Trinajstić information content (AvgIpc) is 1.18. The first kappa shape index (κ1) is 94.7. The molecule has 9 aromatic rings. The molecule has 4 heterocycles. The van der Waals surface area contributed by atoms with Crippen LogP contribution in [0.2, 0.25) is 0 Å². The van der Waals surface area contributed by atoms with Crippen molar-refractivity contribution in [1.82, 2.24) is 0 Å². The van der Waals surface area contributed by atoms with E-state index < -0.39 is 93.8 Å². The van der Waals surface area contributed by atoms with Crippen molar-refractivity contribution in [3.05, 3.63) is 242 Å². The van der Waals surface area contributed by atoms with Gasteiger partial charge in [-0.15, -0.1) is 0 Å². The summed E-state index contributed by atoms with van der Waals surface area (Å²) in [6.07, 6.45) is -15.0. The van der Waals surface area contributed by atoms with Crippen molar-refractivity contribution in [3.63, 3.8) is 0 Å². The SMILES string of the molecule is CC(C)(C)OC(C(=O)O)c1c(C(F)(F)F)ccc(-c2cccc(OC=O)c2)c1-c1ccc2c(c1)CCCO2.COC(=O)C(OC(C)(C)C)c1c(C(F)(F)F)ccc(C)c1-c1ccc2c(c1)CCCO2.[C-]#[N+]c1cccc(-c2ccc(C(F)(F)F)c(C(OC(C)(C)C)C(=O)OC)c2-c2ccc3c(c2)CCCO3)c1.[C-]#[N+]c1cccc(B2OC(C)(C)C(C)(C)O2)c1. The minimum absolute atomic E-state index is 0.0631. The molecule has 0 amide bonds. The van der Waals surface area contributed by atoms with E-state index in [0.29, 0.717) is 106 Å². The predicted octanol–water partition coefficient (Wildman–Crippen LogP) is 23.4. The number of benzene rings is 9. The van der Waals surface area contributed by atoms with E-state index in [-0.39, 0.29) is 52.8 Å². The fourth-order valence-corrected chi connectivity index (χ4v) is 14.8. The van der Waals surface area contributed by atoms with Crippen molar-refractivity contribution in [2.75, 3.05) is 34.0 Å². The van der Waals surface area contributed by atoms with Crippen LogP contribution in [0.1, 0.15) is 183 Å². The molecule has 0 spiro atoms. The smallest absolute Gasteiger partial charge is 0.493 e. The van der Waals surface area contributed by atoms with E-state index in [1.165, 1.54) is 30.3 Å². The third-order valence-electron chi connectivity index (χ3n) is 20.8. The Morgan fingerprint density at radius 1 is 0.460 bits per heavy atom. The van der Waals surface area contributed by atoms with Gasteiger partial charge in [0.1, 0.15) is 23.0 Å². The number of halogens is 9. The van der Waals surface area contributed by atoms with E-state index in [4.69, 9.17) is 65.1 Å². The maximum absolute atomic E-state index is 14.6. The third kappa shape index (κ3) is 22.9. The van der Waals surface area contributed by atoms with Crippen LogP contribution in [0.3, 0.4) is 0 Å². The van der Waals surface area contributed by atoms with Gasteiger partial charge in [-0.3, -0.25) is 4.79 Å². The summed E-state index contributed by atoms with van der Waals surface area (Å²) in [5.74, 6) is -1.14. The largest absolute Gasteiger partial charge is 0.493 e. The first-order chi connectivity index (χ1) is 58.1. The maximum Gasteiger partial charge on any atom is 0.493 e. The Bertz CT molecular complexity index is 5500. The predicted molar refractivity (Wildman–Crippen MR) is 451 cm³/mol. The second kappa shape index (κ2) is 38.3. The molecule has 0 aromatic heterocycles. The van der Waals surface area contributed by atoms with E-state index in [0.717, 1.165) is 86.0 Å². The lowest BCUT2D eigenvalue weighted by Gasteiger charge is -2.32. The van der Waals surface area contributed by atoms with Crippen molar-refractivity contribution in [3.8, 4) is 78.6 Å². The molecule has 13 rings (SSSR count). The number of carboxylic acid groups (broad SMARTS) is 1. The highest BCUT2D eigenvalue weighted by molar-refractivity contribution is 6.62. The molecule has 9 aromatic carbocycles. The van der Waals surface area contributed by atoms with Crippen molar-refractivity contribution in [2.45, 2.75) is 200 Å².